The molecule has 1 aliphatic heterocycles. The van der Waals surface area contributed by atoms with Crippen LogP contribution >= 0.6 is 11.8 Å². The van der Waals surface area contributed by atoms with Gasteiger partial charge in [-0.05, 0) is 31.8 Å². The Hall–Kier alpha value is -0.510. The standard InChI is InChI=1S/C15H24N2S/c1-12-14(9-10-18-12)16-11-15(17(2)3)13-7-5-4-6-8-13/h4-8,12,14-16H,9-11H2,1-3H3. The summed E-state index contributed by atoms with van der Waals surface area (Å²) in [6.07, 6.45) is 1.31. The molecule has 0 amide bonds. The number of rotatable bonds is 5. The maximum absolute atomic E-state index is 3.75. The summed E-state index contributed by atoms with van der Waals surface area (Å²) < 4.78 is 0. The van der Waals surface area contributed by atoms with Gasteiger partial charge in [-0.15, -0.1) is 0 Å². The van der Waals surface area contributed by atoms with E-state index in [4.69, 9.17) is 0 Å². The molecule has 1 aromatic rings. The molecule has 3 unspecified atom stereocenters. The molecule has 0 radical (unpaired) electrons. The van der Waals surface area contributed by atoms with Crippen molar-refractivity contribution in [1.29, 1.82) is 0 Å². The Balaban J connectivity index is 1.95. The summed E-state index contributed by atoms with van der Waals surface area (Å²) in [5.74, 6) is 1.30. The van der Waals surface area contributed by atoms with E-state index in [0.717, 1.165) is 11.8 Å². The molecule has 1 saturated heterocycles. The third kappa shape index (κ3) is 3.50. The van der Waals surface area contributed by atoms with Crippen molar-refractivity contribution in [2.75, 3.05) is 26.4 Å². The SMILES string of the molecule is CC1SCCC1NCC(c1ccccc1)N(C)C. The zero-order valence-corrected chi connectivity index (χ0v) is 12.4. The van der Waals surface area contributed by atoms with Gasteiger partial charge in [0.15, 0.2) is 0 Å². The summed E-state index contributed by atoms with van der Waals surface area (Å²) in [6, 6.07) is 11.9. The molecule has 0 saturated carbocycles. The van der Waals surface area contributed by atoms with Gasteiger partial charge in [-0.25, -0.2) is 0 Å². The highest BCUT2D eigenvalue weighted by Crippen LogP contribution is 2.27. The molecule has 1 aromatic carbocycles. The monoisotopic (exact) mass is 264 g/mol. The molecule has 2 rings (SSSR count). The number of benzene rings is 1. The van der Waals surface area contributed by atoms with Crippen molar-refractivity contribution in [1.82, 2.24) is 10.2 Å². The molecule has 1 heterocycles. The van der Waals surface area contributed by atoms with E-state index in [9.17, 15) is 0 Å². The maximum Gasteiger partial charge on any atom is 0.0466 e. The second-order valence-corrected chi connectivity index (χ2v) is 6.75. The van der Waals surface area contributed by atoms with E-state index >= 15 is 0 Å². The summed E-state index contributed by atoms with van der Waals surface area (Å²) >= 11 is 2.09. The van der Waals surface area contributed by atoms with E-state index in [0.29, 0.717) is 12.1 Å². The Morgan fingerprint density at radius 2 is 2.06 bits per heavy atom. The van der Waals surface area contributed by atoms with E-state index in [1.807, 2.05) is 0 Å². The van der Waals surface area contributed by atoms with Crippen LogP contribution in [0.1, 0.15) is 24.9 Å². The third-order valence-corrected chi connectivity index (χ3v) is 5.08. The quantitative estimate of drug-likeness (QED) is 0.880. The van der Waals surface area contributed by atoms with Gasteiger partial charge in [0.05, 0.1) is 0 Å². The first-order valence-corrected chi connectivity index (χ1v) is 7.79. The molecule has 3 heteroatoms. The van der Waals surface area contributed by atoms with Gasteiger partial charge in [-0.2, -0.15) is 11.8 Å². The molecule has 0 spiro atoms. The first kappa shape index (κ1) is 13.9. The number of thioether (sulfide) groups is 1. The lowest BCUT2D eigenvalue weighted by Crippen LogP contribution is -2.39. The van der Waals surface area contributed by atoms with E-state index in [2.05, 4.69) is 73.3 Å². The fourth-order valence-corrected chi connectivity index (χ4v) is 3.76. The first-order chi connectivity index (χ1) is 8.68. The van der Waals surface area contributed by atoms with Gasteiger partial charge >= 0.3 is 0 Å². The Kier molecular flexibility index (Phi) is 5.10. The normalized spacial score (nSPS) is 25.6. The van der Waals surface area contributed by atoms with Gasteiger partial charge in [0.2, 0.25) is 0 Å². The van der Waals surface area contributed by atoms with Gasteiger partial charge in [-0.1, -0.05) is 37.3 Å². The van der Waals surface area contributed by atoms with Gasteiger partial charge in [0, 0.05) is 23.9 Å². The number of likely N-dealkylation sites (N-methyl/N-ethyl adjacent to an activating group) is 1. The van der Waals surface area contributed by atoms with E-state index in [1.165, 1.54) is 17.7 Å². The fourth-order valence-electron chi connectivity index (χ4n) is 2.54. The predicted molar refractivity (Wildman–Crippen MR) is 81.2 cm³/mol. The van der Waals surface area contributed by atoms with E-state index in [-0.39, 0.29) is 0 Å². The molecule has 1 aliphatic rings. The third-order valence-electron chi connectivity index (χ3n) is 3.76. The number of hydrogen-bond donors (Lipinski definition) is 1. The summed E-state index contributed by atoms with van der Waals surface area (Å²) in [6.45, 7) is 3.37. The number of hydrogen-bond acceptors (Lipinski definition) is 3. The molecule has 3 atom stereocenters. The van der Waals surface area contributed by atoms with Crippen LogP contribution in [0.2, 0.25) is 0 Å². The van der Waals surface area contributed by atoms with Crippen LogP contribution in [0.3, 0.4) is 0 Å². The molecular weight excluding hydrogens is 240 g/mol. The Morgan fingerprint density at radius 3 is 2.61 bits per heavy atom. The van der Waals surface area contributed by atoms with Crippen LogP contribution < -0.4 is 5.32 Å². The van der Waals surface area contributed by atoms with Crippen molar-refractivity contribution < 1.29 is 0 Å². The molecule has 2 nitrogen and oxygen atoms in total. The van der Waals surface area contributed by atoms with Crippen molar-refractivity contribution in [2.24, 2.45) is 0 Å². The van der Waals surface area contributed by atoms with Crippen LogP contribution in [0.15, 0.2) is 30.3 Å². The predicted octanol–water partition coefficient (Wildman–Crippen LogP) is 2.77. The van der Waals surface area contributed by atoms with Gasteiger partial charge in [-0.3, -0.25) is 0 Å². The maximum atomic E-state index is 3.75. The molecule has 1 N–H and O–H groups in total. The highest BCUT2D eigenvalue weighted by molar-refractivity contribution is 8.00. The van der Waals surface area contributed by atoms with Crippen LogP contribution in [-0.2, 0) is 0 Å². The van der Waals surface area contributed by atoms with Crippen molar-refractivity contribution in [2.45, 2.75) is 30.7 Å². The van der Waals surface area contributed by atoms with Gasteiger partial charge < -0.3 is 10.2 Å². The molecule has 1 fully saturated rings. The molecule has 0 bridgehead atoms. The largest absolute Gasteiger partial charge is 0.311 e. The minimum Gasteiger partial charge on any atom is -0.311 e. The van der Waals surface area contributed by atoms with E-state index in [1.54, 1.807) is 0 Å². The Morgan fingerprint density at radius 1 is 1.33 bits per heavy atom. The topological polar surface area (TPSA) is 15.3 Å². The zero-order chi connectivity index (χ0) is 13.0. The van der Waals surface area contributed by atoms with Crippen molar-refractivity contribution in [3.05, 3.63) is 35.9 Å². The van der Waals surface area contributed by atoms with Crippen LogP contribution in [-0.4, -0.2) is 42.6 Å². The minimum atomic E-state index is 0.462. The summed E-state index contributed by atoms with van der Waals surface area (Å²) in [4.78, 5) is 2.30. The number of nitrogens with one attached hydrogen (secondary N) is 1. The summed E-state index contributed by atoms with van der Waals surface area (Å²) in [5, 5.41) is 4.50. The van der Waals surface area contributed by atoms with Crippen molar-refractivity contribution in [3.8, 4) is 0 Å². The highest BCUT2D eigenvalue weighted by atomic mass is 32.2. The lowest BCUT2D eigenvalue weighted by atomic mass is 10.0. The second kappa shape index (κ2) is 6.60. The highest BCUT2D eigenvalue weighted by Gasteiger charge is 2.24. The summed E-state index contributed by atoms with van der Waals surface area (Å²) in [7, 11) is 4.32. The first-order valence-electron chi connectivity index (χ1n) is 6.75. The van der Waals surface area contributed by atoms with Crippen LogP contribution in [0.4, 0.5) is 0 Å². The second-order valence-electron chi connectivity index (χ2n) is 5.27. The molecule has 0 aliphatic carbocycles. The smallest absolute Gasteiger partial charge is 0.0466 e. The van der Waals surface area contributed by atoms with E-state index < -0.39 is 0 Å². The lowest BCUT2D eigenvalue weighted by Gasteiger charge is -2.27. The molecule has 100 valence electrons. The number of nitrogens with zero attached hydrogens (tertiary/aromatic N) is 1. The van der Waals surface area contributed by atoms with Crippen molar-refractivity contribution >= 4 is 11.8 Å². The lowest BCUT2D eigenvalue weighted by molar-refractivity contribution is 0.279. The molecule has 18 heavy (non-hydrogen) atoms. The fraction of sp³-hybridized carbons (Fsp3) is 0.600. The average molecular weight is 264 g/mol. The Labute approximate surface area is 115 Å². The van der Waals surface area contributed by atoms with Gasteiger partial charge in [0.1, 0.15) is 0 Å². The average Bonchev–Trinajstić information content (AvgIpc) is 2.76. The van der Waals surface area contributed by atoms with Crippen LogP contribution in [0.5, 0.6) is 0 Å². The van der Waals surface area contributed by atoms with Crippen LogP contribution in [0.25, 0.3) is 0 Å². The zero-order valence-electron chi connectivity index (χ0n) is 11.6. The van der Waals surface area contributed by atoms with Crippen molar-refractivity contribution in [3.63, 3.8) is 0 Å². The molecular formula is C15H24N2S. The van der Waals surface area contributed by atoms with Gasteiger partial charge in [0.25, 0.3) is 0 Å². The van der Waals surface area contributed by atoms with Crippen LogP contribution in [0, 0.1) is 0 Å². The summed E-state index contributed by atoms with van der Waals surface area (Å²) in [5.41, 5.74) is 1.40. The molecule has 0 aromatic heterocycles. The minimum absolute atomic E-state index is 0.462. The Bertz CT molecular complexity index is 353.